The highest BCUT2D eigenvalue weighted by Crippen LogP contribution is 2.48. The molecule has 0 radical (unpaired) electrons. The van der Waals surface area contributed by atoms with E-state index in [1.165, 1.54) is 324 Å². The molecule has 0 heterocycles. The third kappa shape index (κ3) is 18.7. The van der Waals surface area contributed by atoms with E-state index in [0.717, 1.165) is 0 Å². The van der Waals surface area contributed by atoms with Crippen LogP contribution in [0.3, 0.4) is 0 Å². The minimum absolute atomic E-state index is 1.25. The molecule has 0 aliphatic carbocycles. The van der Waals surface area contributed by atoms with E-state index in [4.69, 9.17) is 0 Å². The third-order valence-electron chi connectivity index (χ3n) is 30.1. The first-order chi connectivity index (χ1) is 71.4. The maximum absolute atomic E-state index is 2.42. The van der Waals surface area contributed by atoms with E-state index < -0.39 is 0 Å². The lowest BCUT2D eigenvalue weighted by Gasteiger charge is -2.16. The first-order valence-corrected chi connectivity index (χ1v) is 51.8. The molecule has 0 N–H and O–H groups in total. The Labute approximate surface area is 864 Å². The predicted molar refractivity (Wildman–Crippen MR) is 641 cm³/mol. The van der Waals surface area contributed by atoms with Crippen LogP contribution in [0.5, 0.6) is 0 Å². The smallest absolute Gasteiger partial charge is 0.00926 e. The standard InChI is InChI=1S/C42H36.C39H30.C34H28.C32H24/c1-25-13-26(2)17-34(16-25)31-7-10-37-38-11-8-32(35-18-27(3)14-28(4)19-35)23-41(38)42-24-33(9-12-39(42)40(37)22-31)36-20-29(5)15-30(6)21-36;1-25-7-4-10-28(19-25)31-13-16-34-35-17-14-32(29-11-5-8-26(2)20-29)23-38(35)39-24-33(15-18-36(39)37(34)22-31)30-12-6-9-27(3)21-30;1-21-13-22(2)16-27(15-21)25-9-11-31-32-12-10-26(28-17-23(3)14-24(4)18-28)20-34(32)30-8-6-5-7-29(30)33(31)19-25;1-21-7-5-9-23(17-21)25-13-15-29-30-16-14-26(24-10-6-8-22(2)18-24)20-32(30)28-12-4-3-11-27(28)31(29)19-25/h7-24H,1-6H3;4-24H,1-3H3;5-20H,1-4H3;3-20H,1-2H3. The zero-order valence-electron chi connectivity index (χ0n) is 86.6. The molecule has 0 heteroatoms. The molecule has 0 aliphatic heterocycles. The molecule has 26 rings (SSSR count). The predicted octanol–water partition coefficient (Wildman–Crippen LogP) is 41.9. The normalized spacial score (nSPS) is 11.5. The fraction of sp³-hybridized carbons (Fsp3) is 0.102. The van der Waals surface area contributed by atoms with Crippen LogP contribution in [0.2, 0.25) is 0 Å². The van der Waals surface area contributed by atoms with Crippen LogP contribution in [0.15, 0.2) is 443 Å². The van der Waals surface area contributed by atoms with Crippen LogP contribution in [-0.4, -0.2) is 0 Å². The van der Waals surface area contributed by atoms with Gasteiger partial charge in [0.1, 0.15) is 0 Å². The Balaban J connectivity index is 0.000000108. The quantitative estimate of drug-likeness (QED) is 0.120. The number of hydrogen-bond acceptors (Lipinski definition) is 0. The van der Waals surface area contributed by atoms with E-state index in [2.05, 4.69) is 547 Å². The summed E-state index contributed by atoms with van der Waals surface area (Å²) in [6.45, 7) is 32.6. The fourth-order valence-corrected chi connectivity index (χ4v) is 23.6. The molecule has 0 saturated heterocycles. The summed E-state index contributed by atoms with van der Waals surface area (Å²) in [4.78, 5) is 0. The maximum Gasteiger partial charge on any atom is -0.00926 e. The summed E-state index contributed by atoms with van der Waals surface area (Å²) >= 11 is 0. The average Bonchev–Trinajstić information content (AvgIpc) is 0.735. The molecule has 0 aromatic heterocycles. The Bertz CT molecular complexity index is 9460. The molecule has 0 unspecified atom stereocenters. The van der Waals surface area contributed by atoms with Crippen molar-refractivity contribution in [3.8, 4) is 111 Å². The van der Waals surface area contributed by atoms with Crippen LogP contribution < -0.4 is 0 Å². The average molecular weight is 1880 g/mol. The molecule has 0 aliphatic rings. The van der Waals surface area contributed by atoms with E-state index in [9.17, 15) is 0 Å². The second-order valence-corrected chi connectivity index (χ2v) is 41.9. The van der Waals surface area contributed by atoms with E-state index in [1.807, 2.05) is 0 Å². The molecular weight excluding hydrogens is 1770 g/mol. The van der Waals surface area contributed by atoms with Crippen molar-refractivity contribution in [3.05, 3.63) is 526 Å². The zero-order valence-corrected chi connectivity index (χ0v) is 86.6. The molecule has 26 aromatic rings. The van der Waals surface area contributed by atoms with Gasteiger partial charge in [0.05, 0.1) is 0 Å². The lowest BCUT2D eigenvalue weighted by molar-refractivity contribution is 1.38. The van der Waals surface area contributed by atoms with Gasteiger partial charge in [0.25, 0.3) is 0 Å². The lowest BCUT2D eigenvalue weighted by Crippen LogP contribution is -1.89. The molecule has 0 saturated carbocycles. The van der Waals surface area contributed by atoms with Crippen molar-refractivity contribution in [2.24, 2.45) is 0 Å². The molecule has 706 valence electrons. The van der Waals surface area contributed by atoms with Crippen LogP contribution in [0.25, 0.3) is 241 Å². The van der Waals surface area contributed by atoms with Gasteiger partial charge in [-0.15, -0.1) is 0 Å². The van der Waals surface area contributed by atoms with Gasteiger partial charge in [-0.1, -0.05) is 466 Å². The fourth-order valence-electron chi connectivity index (χ4n) is 23.6. The van der Waals surface area contributed by atoms with Crippen LogP contribution in [0.1, 0.15) is 83.5 Å². The maximum atomic E-state index is 2.42. The van der Waals surface area contributed by atoms with Gasteiger partial charge in [0, 0.05) is 0 Å². The number of benzene rings is 26. The van der Waals surface area contributed by atoms with Crippen LogP contribution in [-0.2, 0) is 0 Å². The Morgan fingerprint density at radius 1 is 0.0680 bits per heavy atom. The van der Waals surface area contributed by atoms with Gasteiger partial charge < -0.3 is 0 Å². The number of rotatable bonds is 10. The van der Waals surface area contributed by atoms with Crippen molar-refractivity contribution in [3.63, 3.8) is 0 Å². The van der Waals surface area contributed by atoms with Crippen molar-refractivity contribution < 1.29 is 0 Å². The topological polar surface area (TPSA) is 0 Å². The van der Waals surface area contributed by atoms with Gasteiger partial charge in [-0.2, -0.15) is 0 Å². The van der Waals surface area contributed by atoms with E-state index in [-0.39, 0.29) is 0 Å². The Morgan fingerprint density at radius 3 is 0.320 bits per heavy atom. The van der Waals surface area contributed by atoms with E-state index in [1.54, 1.807) is 0 Å². The summed E-state index contributed by atoms with van der Waals surface area (Å²) in [7, 11) is 0. The molecule has 0 atom stereocenters. The second-order valence-electron chi connectivity index (χ2n) is 41.9. The summed E-state index contributed by atoms with van der Waals surface area (Å²) in [5.74, 6) is 0. The van der Waals surface area contributed by atoms with Crippen LogP contribution in [0.4, 0.5) is 0 Å². The highest BCUT2D eigenvalue weighted by atomic mass is 14.2. The van der Waals surface area contributed by atoms with E-state index >= 15 is 0 Å². The highest BCUT2D eigenvalue weighted by molar-refractivity contribution is 6.31. The van der Waals surface area contributed by atoms with Crippen molar-refractivity contribution >= 4 is 129 Å². The monoisotopic (exact) mass is 1880 g/mol. The minimum atomic E-state index is 1.25. The minimum Gasteiger partial charge on any atom is -0.0616 e. The molecule has 0 spiro atoms. The van der Waals surface area contributed by atoms with Crippen molar-refractivity contribution in [1.82, 2.24) is 0 Å². The number of fused-ring (bicyclic) bond motifs is 24. The Kier molecular flexibility index (Phi) is 24.7. The summed E-state index contributed by atoms with van der Waals surface area (Å²) in [6.07, 6.45) is 0. The summed E-state index contributed by atoms with van der Waals surface area (Å²) in [5.41, 5.74) is 44.7. The molecule has 147 heavy (non-hydrogen) atoms. The largest absolute Gasteiger partial charge is 0.0616 e. The number of hydrogen-bond donors (Lipinski definition) is 0. The van der Waals surface area contributed by atoms with Crippen molar-refractivity contribution in [1.29, 1.82) is 0 Å². The van der Waals surface area contributed by atoms with E-state index in [0.29, 0.717) is 0 Å². The van der Waals surface area contributed by atoms with Gasteiger partial charge >= 0.3 is 0 Å². The Morgan fingerprint density at radius 2 is 0.177 bits per heavy atom. The Hall–Kier alpha value is -17.2. The molecule has 26 aromatic carbocycles. The first kappa shape index (κ1) is 93.5. The molecule has 0 fully saturated rings. The van der Waals surface area contributed by atoms with Crippen molar-refractivity contribution in [2.75, 3.05) is 0 Å². The second kappa shape index (κ2) is 38.8. The summed E-state index contributed by atoms with van der Waals surface area (Å²) < 4.78 is 0. The van der Waals surface area contributed by atoms with Gasteiger partial charge in [-0.05, 0) is 405 Å². The van der Waals surface area contributed by atoms with Crippen LogP contribution >= 0.6 is 0 Å². The third-order valence-corrected chi connectivity index (χ3v) is 30.1. The summed E-state index contributed by atoms with van der Waals surface area (Å²) in [6, 6.07) is 166. The number of aryl methyl sites for hydroxylation is 15. The molecule has 0 nitrogen and oxygen atoms in total. The molecular formula is C147H118. The molecule has 0 bridgehead atoms. The SMILES string of the molecule is Cc1cc(C)cc(-c2ccc3c4ccc(-c5cc(C)cc(C)c5)cc4c4cc(-c5cc(C)cc(C)c5)ccc4c3c2)c1.Cc1cc(C)cc(-c2ccc3c4ccc(-c5cc(C)cc(C)c5)cc4c4ccccc4c3c2)c1.Cc1cccc(-c2ccc3c4ccc(-c5cccc(C)c5)cc4c4cc(-c5cccc(C)c5)ccc4c3c2)c1.Cc1cccc(-c2ccc3c4ccc(-c5cccc(C)c5)cc4c4ccccc4c3c2)c1. The van der Waals surface area contributed by atoms with Crippen molar-refractivity contribution in [2.45, 2.75) is 104 Å². The first-order valence-electron chi connectivity index (χ1n) is 51.8. The summed E-state index contributed by atoms with van der Waals surface area (Å²) in [5, 5.41) is 31.4. The zero-order chi connectivity index (χ0) is 101. The van der Waals surface area contributed by atoms with Gasteiger partial charge in [0.15, 0.2) is 0 Å². The van der Waals surface area contributed by atoms with Gasteiger partial charge in [-0.25, -0.2) is 0 Å². The molecule has 0 amide bonds. The highest BCUT2D eigenvalue weighted by Gasteiger charge is 2.21. The van der Waals surface area contributed by atoms with Gasteiger partial charge in [0.2, 0.25) is 0 Å². The van der Waals surface area contributed by atoms with Gasteiger partial charge in [-0.3, -0.25) is 0 Å². The van der Waals surface area contributed by atoms with Crippen LogP contribution in [0, 0.1) is 104 Å². The lowest BCUT2D eigenvalue weighted by atomic mass is 9.88.